The maximum absolute atomic E-state index is 13.0. The molecule has 0 aliphatic carbocycles. The summed E-state index contributed by atoms with van der Waals surface area (Å²) in [6.45, 7) is 5.97. The van der Waals surface area contributed by atoms with Crippen molar-refractivity contribution in [2.45, 2.75) is 31.7 Å². The normalized spacial score (nSPS) is 22.3. The van der Waals surface area contributed by atoms with Crippen molar-refractivity contribution in [3.8, 4) is 0 Å². The number of rotatable bonds is 7. The Hall–Kier alpha value is -2.78. The molecule has 0 spiro atoms. The van der Waals surface area contributed by atoms with Crippen LogP contribution in [-0.4, -0.2) is 78.7 Å². The van der Waals surface area contributed by atoms with Gasteiger partial charge in [0.25, 0.3) is 11.8 Å². The second kappa shape index (κ2) is 8.93. The minimum atomic E-state index is -0.943. The summed E-state index contributed by atoms with van der Waals surface area (Å²) in [5.41, 5.74) is 1.23. The number of fused-ring (bicyclic) bond motifs is 1. The van der Waals surface area contributed by atoms with Gasteiger partial charge in [0.15, 0.2) is 0 Å². The first kappa shape index (κ1) is 20.5. The van der Waals surface area contributed by atoms with Crippen LogP contribution in [0.3, 0.4) is 0 Å². The fourth-order valence-corrected chi connectivity index (χ4v) is 4.28. The first-order chi connectivity index (χ1) is 14.6. The van der Waals surface area contributed by atoms with Crippen LogP contribution in [0.4, 0.5) is 5.69 Å². The molecule has 0 saturated carbocycles. The molecule has 160 valence electrons. The highest BCUT2D eigenvalue weighted by Gasteiger charge is 2.45. The molecule has 1 unspecified atom stereocenters. The van der Waals surface area contributed by atoms with Gasteiger partial charge in [-0.1, -0.05) is 6.07 Å². The summed E-state index contributed by atoms with van der Waals surface area (Å²) in [4.78, 5) is 52.9. The fourth-order valence-electron chi connectivity index (χ4n) is 4.28. The molecule has 3 N–H and O–H groups in total. The van der Waals surface area contributed by atoms with Gasteiger partial charge in [-0.3, -0.25) is 29.4 Å². The number of piperidine rings is 1. The molecule has 3 aliphatic rings. The Bertz CT molecular complexity index is 865. The quantitative estimate of drug-likeness (QED) is 0.432. The van der Waals surface area contributed by atoms with E-state index in [2.05, 4.69) is 20.9 Å². The highest BCUT2D eigenvalue weighted by Crippen LogP contribution is 2.32. The number of nitrogens with zero attached hydrogens (tertiary/aromatic N) is 2. The molecule has 3 heterocycles. The lowest BCUT2D eigenvalue weighted by Gasteiger charge is -2.27. The van der Waals surface area contributed by atoms with E-state index < -0.39 is 23.8 Å². The van der Waals surface area contributed by atoms with Gasteiger partial charge >= 0.3 is 0 Å². The average Bonchev–Trinajstić information content (AvgIpc) is 3.00. The summed E-state index contributed by atoms with van der Waals surface area (Å²) in [5, 5.41) is 8.85. The molecule has 1 aromatic rings. The molecule has 0 radical (unpaired) electrons. The lowest BCUT2D eigenvalue weighted by atomic mass is 10.0. The smallest absolute Gasteiger partial charge is 0.264 e. The van der Waals surface area contributed by atoms with Crippen LogP contribution in [0.2, 0.25) is 0 Å². The zero-order valence-electron chi connectivity index (χ0n) is 16.9. The average molecular weight is 413 g/mol. The highest BCUT2D eigenvalue weighted by atomic mass is 16.2. The number of carbonyl (C=O) groups excluding carboxylic acids is 4. The second-order valence-corrected chi connectivity index (χ2v) is 7.90. The SMILES string of the molecule is O=C1CCC(N2C(=O)c3cccc(NCCCCN4CCNCC4)c3C2=O)C(=O)N1. The van der Waals surface area contributed by atoms with E-state index in [1.165, 1.54) is 0 Å². The topological polar surface area (TPSA) is 111 Å². The van der Waals surface area contributed by atoms with E-state index in [0.717, 1.165) is 50.5 Å². The molecule has 4 amide bonds. The van der Waals surface area contributed by atoms with E-state index >= 15 is 0 Å². The zero-order valence-corrected chi connectivity index (χ0v) is 16.9. The molecule has 0 bridgehead atoms. The number of nitrogens with one attached hydrogen (secondary N) is 3. The third-order valence-electron chi connectivity index (χ3n) is 5.89. The molecule has 0 aromatic heterocycles. The van der Waals surface area contributed by atoms with E-state index in [-0.39, 0.29) is 18.7 Å². The van der Waals surface area contributed by atoms with Crippen molar-refractivity contribution in [1.82, 2.24) is 20.4 Å². The fraction of sp³-hybridized carbons (Fsp3) is 0.524. The number of piperazine rings is 1. The number of benzene rings is 1. The van der Waals surface area contributed by atoms with Gasteiger partial charge in [-0.05, 0) is 37.9 Å². The van der Waals surface area contributed by atoms with Crippen molar-refractivity contribution < 1.29 is 19.2 Å². The summed E-state index contributed by atoms with van der Waals surface area (Å²) >= 11 is 0. The molecule has 30 heavy (non-hydrogen) atoms. The number of imide groups is 2. The van der Waals surface area contributed by atoms with Crippen LogP contribution in [0.25, 0.3) is 0 Å². The van der Waals surface area contributed by atoms with Crippen LogP contribution in [0, 0.1) is 0 Å². The van der Waals surface area contributed by atoms with Crippen molar-refractivity contribution >= 4 is 29.3 Å². The molecule has 1 atom stereocenters. The van der Waals surface area contributed by atoms with Crippen LogP contribution in [0.15, 0.2) is 18.2 Å². The Labute approximate surface area is 175 Å². The van der Waals surface area contributed by atoms with Crippen molar-refractivity contribution in [3.05, 3.63) is 29.3 Å². The predicted molar refractivity (Wildman–Crippen MR) is 110 cm³/mol. The lowest BCUT2D eigenvalue weighted by molar-refractivity contribution is -0.136. The van der Waals surface area contributed by atoms with E-state index in [1.54, 1.807) is 18.2 Å². The van der Waals surface area contributed by atoms with Crippen LogP contribution in [0.1, 0.15) is 46.4 Å². The van der Waals surface area contributed by atoms with Crippen molar-refractivity contribution in [3.63, 3.8) is 0 Å². The Morgan fingerprint density at radius 3 is 2.60 bits per heavy atom. The summed E-state index contributed by atoms with van der Waals surface area (Å²) in [6.07, 6.45) is 2.27. The zero-order chi connectivity index (χ0) is 21.1. The minimum Gasteiger partial charge on any atom is -0.384 e. The summed E-state index contributed by atoms with van der Waals surface area (Å²) < 4.78 is 0. The van der Waals surface area contributed by atoms with Crippen molar-refractivity contribution in [2.75, 3.05) is 44.6 Å². The van der Waals surface area contributed by atoms with E-state index in [0.29, 0.717) is 23.4 Å². The van der Waals surface area contributed by atoms with Gasteiger partial charge in [0.2, 0.25) is 11.8 Å². The standard InChI is InChI=1S/C21H27N5O4/c27-17-7-6-16(19(28)24-17)26-20(29)14-4-3-5-15(18(14)21(26)30)23-8-1-2-11-25-12-9-22-10-13-25/h3-5,16,22-23H,1-2,6-13H2,(H,24,27,28). The van der Waals surface area contributed by atoms with Gasteiger partial charge in [-0.15, -0.1) is 0 Å². The number of hydrogen-bond donors (Lipinski definition) is 3. The van der Waals surface area contributed by atoms with Gasteiger partial charge in [-0.2, -0.15) is 0 Å². The van der Waals surface area contributed by atoms with Gasteiger partial charge in [0.1, 0.15) is 6.04 Å². The van der Waals surface area contributed by atoms with Crippen LogP contribution < -0.4 is 16.0 Å². The van der Waals surface area contributed by atoms with Crippen molar-refractivity contribution in [1.29, 1.82) is 0 Å². The van der Waals surface area contributed by atoms with E-state index in [4.69, 9.17) is 0 Å². The molecule has 2 fully saturated rings. The first-order valence-electron chi connectivity index (χ1n) is 10.6. The van der Waals surface area contributed by atoms with Crippen LogP contribution >= 0.6 is 0 Å². The lowest BCUT2D eigenvalue weighted by Crippen LogP contribution is -2.54. The van der Waals surface area contributed by atoms with Gasteiger partial charge in [0, 0.05) is 44.8 Å². The molecule has 3 aliphatic heterocycles. The summed E-state index contributed by atoms with van der Waals surface area (Å²) in [7, 11) is 0. The third kappa shape index (κ3) is 4.08. The van der Waals surface area contributed by atoms with E-state index in [9.17, 15) is 19.2 Å². The molecule has 1 aromatic carbocycles. The molecular weight excluding hydrogens is 386 g/mol. The number of carbonyl (C=O) groups is 4. The Balaban J connectivity index is 1.38. The maximum atomic E-state index is 13.0. The molecule has 2 saturated heterocycles. The number of hydrogen-bond acceptors (Lipinski definition) is 7. The maximum Gasteiger partial charge on any atom is 0.264 e. The molecule has 9 heteroatoms. The van der Waals surface area contributed by atoms with Crippen molar-refractivity contribution in [2.24, 2.45) is 0 Å². The number of unbranched alkanes of at least 4 members (excludes halogenated alkanes) is 1. The Morgan fingerprint density at radius 1 is 1.03 bits per heavy atom. The first-order valence-corrected chi connectivity index (χ1v) is 10.6. The monoisotopic (exact) mass is 413 g/mol. The number of amides is 4. The van der Waals surface area contributed by atoms with Gasteiger partial charge < -0.3 is 15.5 Å². The molecule has 9 nitrogen and oxygen atoms in total. The van der Waals surface area contributed by atoms with Crippen LogP contribution in [-0.2, 0) is 9.59 Å². The Morgan fingerprint density at radius 2 is 1.83 bits per heavy atom. The Kier molecular flexibility index (Phi) is 6.10. The van der Waals surface area contributed by atoms with E-state index in [1.807, 2.05) is 0 Å². The molecule has 4 rings (SSSR count). The minimum absolute atomic E-state index is 0.113. The van der Waals surface area contributed by atoms with Crippen LogP contribution in [0.5, 0.6) is 0 Å². The largest absolute Gasteiger partial charge is 0.384 e. The van der Waals surface area contributed by atoms with Gasteiger partial charge in [-0.25, -0.2) is 0 Å². The second-order valence-electron chi connectivity index (χ2n) is 7.90. The highest BCUT2D eigenvalue weighted by molar-refractivity contribution is 6.25. The summed E-state index contributed by atoms with van der Waals surface area (Å²) in [5.74, 6) is -1.93. The van der Waals surface area contributed by atoms with Gasteiger partial charge in [0.05, 0.1) is 11.1 Å². The number of anilines is 1. The molecular formula is C21H27N5O4. The third-order valence-corrected chi connectivity index (χ3v) is 5.89. The summed E-state index contributed by atoms with van der Waals surface area (Å²) in [6, 6.07) is 4.19. The predicted octanol–water partition coefficient (Wildman–Crippen LogP) is 0.185.